The average Bonchev–Trinajstić information content (AvgIpc) is 2.59. The minimum absolute atomic E-state index is 0.729. The van der Waals surface area contributed by atoms with Crippen LogP contribution in [-0.4, -0.2) is 24.0 Å². The van der Waals surface area contributed by atoms with Gasteiger partial charge >= 0.3 is 6.18 Å². The van der Waals surface area contributed by atoms with Crippen molar-refractivity contribution in [3.8, 4) is 0 Å². The maximum absolute atomic E-state index is 11.8. The maximum atomic E-state index is 11.8. The first-order valence-corrected chi connectivity index (χ1v) is 5.27. The molecule has 96 valence electrons. The van der Waals surface area contributed by atoms with Crippen LogP contribution < -0.4 is 0 Å². The first-order valence-electron chi connectivity index (χ1n) is 5.27. The number of fused-ring (bicyclic) bond motifs is 1. The lowest BCUT2D eigenvalue weighted by atomic mass is 10.1. The van der Waals surface area contributed by atoms with E-state index in [9.17, 15) is 13.2 Å². The van der Waals surface area contributed by atoms with E-state index >= 15 is 0 Å². The maximum Gasteiger partial charge on any atom is 0.425 e. The molecule has 0 saturated heterocycles. The second kappa shape index (κ2) is 4.72. The number of benzene rings is 1. The molecule has 0 aliphatic carbocycles. The molecular weight excluding hydrogens is 245 g/mol. The van der Waals surface area contributed by atoms with Gasteiger partial charge in [0.15, 0.2) is 0 Å². The highest BCUT2D eigenvalue weighted by Crippen LogP contribution is 2.20. The monoisotopic (exact) mass is 256 g/mol. The van der Waals surface area contributed by atoms with Crippen molar-refractivity contribution in [3.05, 3.63) is 35.5 Å². The Morgan fingerprint density at radius 1 is 1.33 bits per heavy atom. The Hall–Kier alpha value is -1.98. The second-order valence-corrected chi connectivity index (χ2v) is 3.83. The van der Waals surface area contributed by atoms with Gasteiger partial charge in [0.2, 0.25) is 6.61 Å². The zero-order chi connectivity index (χ0) is 13.2. The van der Waals surface area contributed by atoms with E-state index in [1.165, 1.54) is 6.21 Å². The van der Waals surface area contributed by atoms with Crippen LogP contribution >= 0.6 is 0 Å². The summed E-state index contributed by atoms with van der Waals surface area (Å²) >= 11 is 0. The van der Waals surface area contributed by atoms with Crippen molar-refractivity contribution in [1.82, 2.24) is 4.98 Å². The second-order valence-electron chi connectivity index (χ2n) is 3.83. The Labute approximate surface area is 101 Å². The summed E-state index contributed by atoms with van der Waals surface area (Å²) in [4.78, 5) is 7.32. The number of nitrogens with one attached hydrogen (secondary N) is 1. The molecule has 0 amide bonds. The van der Waals surface area contributed by atoms with E-state index < -0.39 is 12.8 Å². The third-order valence-corrected chi connectivity index (χ3v) is 2.43. The summed E-state index contributed by atoms with van der Waals surface area (Å²) in [5.74, 6) is 0. The first-order chi connectivity index (χ1) is 8.47. The molecule has 0 fully saturated rings. The molecule has 2 rings (SSSR count). The van der Waals surface area contributed by atoms with Crippen LogP contribution in [0.4, 0.5) is 13.2 Å². The molecule has 0 saturated carbocycles. The van der Waals surface area contributed by atoms with E-state index in [-0.39, 0.29) is 0 Å². The summed E-state index contributed by atoms with van der Waals surface area (Å²) in [5.41, 5.74) is 2.47. The zero-order valence-electron chi connectivity index (χ0n) is 9.58. The SMILES string of the molecule is Cc1[nH]c2ccccc2c1C=NOCC(F)(F)F. The Morgan fingerprint density at radius 3 is 2.78 bits per heavy atom. The summed E-state index contributed by atoms with van der Waals surface area (Å²) in [7, 11) is 0. The molecule has 0 atom stereocenters. The fourth-order valence-electron chi connectivity index (χ4n) is 1.67. The Balaban J connectivity index is 2.16. The molecule has 1 aromatic carbocycles. The van der Waals surface area contributed by atoms with E-state index in [1.54, 1.807) is 0 Å². The minimum Gasteiger partial charge on any atom is -0.386 e. The fraction of sp³-hybridized carbons (Fsp3) is 0.250. The van der Waals surface area contributed by atoms with Gasteiger partial charge in [-0.05, 0) is 13.0 Å². The fourth-order valence-corrected chi connectivity index (χ4v) is 1.67. The lowest BCUT2D eigenvalue weighted by molar-refractivity contribution is -0.173. The lowest BCUT2D eigenvalue weighted by Crippen LogP contribution is -2.14. The Kier molecular flexibility index (Phi) is 3.27. The number of oxime groups is 1. The number of aryl methyl sites for hydroxylation is 1. The summed E-state index contributed by atoms with van der Waals surface area (Å²) < 4.78 is 35.5. The Bertz CT molecular complexity index is 572. The van der Waals surface area contributed by atoms with Gasteiger partial charge in [-0.2, -0.15) is 13.2 Å². The van der Waals surface area contributed by atoms with E-state index in [4.69, 9.17) is 0 Å². The number of para-hydroxylation sites is 1. The standard InChI is InChI=1S/C12H11F3N2O/c1-8-10(6-16-18-7-12(13,14)15)9-4-2-3-5-11(9)17-8/h2-6,17H,7H2,1H3. The van der Waals surface area contributed by atoms with Crippen LogP contribution in [0.15, 0.2) is 29.4 Å². The van der Waals surface area contributed by atoms with Gasteiger partial charge in [0.05, 0.1) is 6.21 Å². The summed E-state index contributed by atoms with van der Waals surface area (Å²) in [5, 5.41) is 4.24. The van der Waals surface area contributed by atoms with Gasteiger partial charge < -0.3 is 9.82 Å². The number of alkyl halides is 3. The molecule has 0 spiro atoms. The van der Waals surface area contributed by atoms with Crippen LogP contribution in [0.1, 0.15) is 11.3 Å². The molecule has 0 unspecified atom stereocenters. The zero-order valence-corrected chi connectivity index (χ0v) is 9.58. The van der Waals surface area contributed by atoms with Crippen LogP contribution in [0, 0.1) is 6.92 Å². The van der Waals surface area contributed by atoms with Gasteiger partial charge in [0.1, 0.15) is 0 Å². The third-order valence-electron chi connectivity index (χ3n) is 2.43. The van der Waals surface area contributed by atoms with Crippen LogP contribution in [-0.2, 0) is 4.84 Å². The molecular formula is C12H11F3N2O. The molecule has 1 heterocycles. The highest BCUT2D eigenvalue weighted by atomic mass is 19.4. The van der Waals surface area contributed by atoms with Crippen LogP contribution in [0.5, 0.6) is 0 Å². The van der Waals surface area contributed by atoms with Crippen molar-refractivity contribution in [3.63, 3.8) is 0 Å². The largest absolute Gasteiger partial charge is 0.425 e. The molecule has 6 heteroatoms. The molecule has 1 aromatic heterocycles. The van der Waals surface area contributed by atoms with Gasteiger partial charge in [-0.1, -0.05) is 23.4 Å². The number of halogens is 3. The average molecular weight is 256 g/mol. The van der Waals surface area contributed by atoms with E-state index in [2.05, 4.69) is 15.0 Å². The molecule has 0 aliphatic rings. The van der Waals surface area contributed by atoms with Crippen molar-refractivity contribution in [2.45, 2.75) is 13.1 Å². The number of H-pyrrole nitrogens is 1. The van der Waals surface area contributed by atoms with Crippen molar-refractivity contribution in [1.29, 1.82) is 0 Å². The highest BCUT2D eigenvalue weighted by Gasteiger charge is 2.28. The summed E-state index contributed by atoms with van der Waals surface area (Å²) in [6, 6.07) is 7.48. The smallest absolute Gasteiger partial charge is 0.386 e. The molecule has 18 heavy (non-hydrogen) atoms. The number of aromatic amines is 1. The normalized spacial score (nSPS) is 12.4. The van der Waals surface area contributed by atoms with Gasteiger partial charge in [0.25, 0.3) is 0 Å². The van der Waals surface area contributed by atoms with Gasteiger partial charge in [-0.3, -0.25) is 0 Å². The first kappa shape index (κ1) is 12.5. The predicted molar refractivity (Wildman–Crippen MR) is 62.6 cm³/mol. The third kappa shape index (κ3) is 2.82. The van der Waals surface area contributed by atoms with E-state index in [0.717, 1.165) is 22.2 Å². The molecule has 0 bridgehead atoms. The van der Waals surface area contributed by atoms with Crippen molar-refractivity contribution >= 4 is 17.1 Å². The summed E-state index contributed by atoms with van der Waals surface area (Å²) in [6.07, 6.45) is -3.08. The van der Waals surface area contributed by atoms with Crippen molar-refractivity contribution < 1.29 is 18.0 Å². The van der Waals surface area contributed by atoms with E-state index in [1.807, 2.05) is 31.2 Å². The van der Waals surface area contributed by atoms with Crippen molar-refractivity contribution in [2.75, 3.05) is 6.61 Å². The molecule has 0 radical (unpaired) electrons. The number of nitrogens with zero attached hydrogens (tertiary/aromatic N) is 1. The van der Waals surface area contributed by atoms with Crippen LogP contribution in [0.25, 0.3) is 10.9 Å². The number of rotatable bonds is 3. The van der Waals surface area contributed by atoms with Gasteiger partial charge in [-0.25, -0.2) is 0 Å². The number of hydrogen-bond donors (Lipinski definition) is 1. The topological polar surface area (TPSA) is 37.4 Å². The lowest BCUT2D eigenvalue weighted by Gasteiger charge is -2.02. The van der Waals surface area contributed by atoms with E-state index in [0.29, 0.717) is 0 Å². The van der Waals surface area contributed by atoms with Crippen molar-refractivity contribution in [2.24, 2.45) is 5.16 Å². The predicted octanol–water partition coefficient (Wildman–Crippen LogP) is 3.39. The van der Waals surface area contributed by atoms with Gasteiger partial charge in [0, 0.05) is 22.2 Å². The van der Waals surface area contributed by atoms with Crippen LogP contribution in [0.3, 0.4) is 0 Å². The molecule has 2 aromatic rings. The Morgan fingerprint density at radius 2 is 2.06 bits per heavy atom. The van der Waals surface area contributed by atoms with Gasteiger partial charge in [-0.15, -0.1) is 0 Å². The highest BCUT2D eigenvalue weighted by molar-refractivity contribution is 6.00. The molecule has 1 N–H and O–H groups in total. The molecule has 0 aliphatic heterocycles. The molecule has 3 nitrogen and oxygen atoms in total. The van der Waals surface area contributed by atoms with Crippen LogP contribution in [0.2, 0.25) is 0 Å². The number of hydrogen-bond acceptors (Lipinski definition) is 2. The quantitative estimate of drug-likeness (QED) is 0.663. The minimum atomic E-state index is -4.37. The number of aromatic nitrogens is 1. The summed E-state index contributed by atoms with van der Waals surface area (Å²) in [6.45, 7) is 0.440.